The minimum absolute atomic E-state index is 0.0177. The van der Waals surface area contributed by atoms with Gasteiger partial charge in [0.2, 0.25) is 0 Å². The van der Waals surface area contributed by atoms with Crippen LogP contribution in [0.4, 0.5) is 5.69 Å². The van der Waals surface area contributed by atoms with Crippen LogP contribution >= 0.6 is 0 Å². The predicted molar refractivity (Wildman–Crippen MR) is 67.7 cm³/mol. The molecule has 0 bridgehead atoms. The molecule has 88 valence electrons. The number of nitrogens with one attached hydrogen (secondary N) is 1. The second-order valence-corrected chi connectivity index (χ2v) is 5.52. The lowest BCUT2D eigenvalue weighted by Crippen LogP contribution is -2.56. The molecule has 0 aromatic heterocycles. The monoisotopic (exact) mass is 219 g/mol. The zero-order valence-electron chi connectivity index (χ0n) is 10.5. The Morgan fingerprint density at radius 3 is 2.56 bits per heavy atom. The van der Waals surface area contributed by atoms with E-state index in [1.165, 1.54) is 16.8 Å². The van der Waals surface area contributed by atoms with Gasteiger partial charge in [-0.2, -0.15) is 0 Å². The molecule has 1 saturated carbocycles. The summed E-state index contributed by atoms with van der Waals surface area (Å²) in [4.78, 5) is 0. The van der Waals surface area contributed by atoms with E-state index < -0.39 is 0 Å². The minimum atomic E-state index is -0.171. The summed E-state index contributed by atoms with van der Waals surface area (Å²) in [7, 11) is 0. The van der Waals surface area contributed by atoms with Crippen molar-refractivity contribution in [3.8, 4) is 0 Å². The van der Waals surface area contributed by atoms with Crippen LogP contribution in [0.2, 0.25) is 0 Å². The number of aryl methyl sites for hydroxylation is 1. The summed E-state index contributed by atoms with van der Waals surface area (Å²) < 4.78 is 0. The number of hydrogen-bond acceptors (Lipinski definition) is 2. The van der Waals surface area contributed by atoms with Crippen LogP contribution in [0.15, 0.2) is 18.2 Å². The Morgan fingerprint density at radius 1 is 1.31 bits per heavy atom. The van der Waals surface area contributed by atoms with Gasteiger partial charge in [-0.25, -0.2) is 0 Å². The molecular formula is C14H21NO. The van der Waals surface area contributed by atoms with Crippen LogP contribution < -0.4 is 5.32 Å². The maximum absolute atomic E-state index is 9.71. The molecule has 2 rings (SSSR count). The van der Waals surface area contributed by atoms with E-state index in [1.807, 2.05) is 0 Å². The van der Waals surface area contributed by atoms with Crippen molar-refractivity contribution < 1.29 is 5.11 Å². The second kappa shape index (κ2) is 3.77. The van der Waals surface area contributed by atoms with E-state index in [2.05, 4.69) is 51.2 Å². The fourth-order valence-corrected chi connectivity index (χ4v) is 2.24. The average molecular weight is 219 g/mol. The summed E-state index contributed by atoms with van der Waals surface area (Å²) in [5.41, 5.74) is 3.79. The highest BCUT2D eigenvalue weighted by Gasteiger charge is 2.47. The maximum Gasteiger partial charge on any atom is 0.0630 e. The quantitative estimate of drug-likeness (QED) is 0.801. The Balaban J connectivity index is 2.14. The zero-order chi connectivity index (χ0) is 11.9. The van der Waals surface area contributed by atoms with Crippen molar-refractivity contribution in [2.45, 2.75) is 46.3 Å². The summed E-state index contributed by atoms with van der Waals surface area (Å²) >= 11 is 0. The molecule has 0 spiro atoms. The molecule has 16 heavy (non-hydrogen) atoms. The van der Waals surface area contributed by atoms with Gasteiger partial charge in [0.25, 0.3) is 0 Å². The lowest BCUT2D eigenvalue weighted by molar-refractivity contribution is -0.0510. The van der Waals surface area contributed by atoms with Crippen molar-refractivity contribution in [2.75, 3.05) is 5.32 Å². The highest BCUT2D eigenvalue weighted by molar-refractivity contribution is 5.55. The molecule has 2 unspecified atom stereocenters. The van der Waals surface area contributed by atoms with Crippen molar-refractivity contribution >= 4 is 5.69 Å². The Bertz CT molecular complexity index is 398. The van der Waals surface area contributed by atoms with Gasteiger partial charge in [-0.3, -0.25) is 0 Å². The van der Waals surface area contributed by atoms with Crippen LogP contribution in [-0.2, 0) is 0 Å². The molecule has 1 aliphatic carbocycles. The normalized spacial score (nSPS) is 27.3. The van der Waals surface area contributed by atoms with Crippen molar-refractivity contribution in [3.63, 3.8) is 0 Å². The Kier molecular flexibility index (Phi) is 2.70. The summed E-state index contributed by atoms with van der Waals surface area (Å²) in [5.74, 6) is 0. The zero-order valence-corrected chi connectivity index (χ0v) is 10.5. The van der Waals surface area contributed by atoms with E-state index in [9.17, 15) is 5.11 Å². The van der Waals surface area contributed by atoms with Gasteiger partial charge in [0.05, 0.1) is 6.10 Å². The summed E-state index contributed by atoms with van der Waals surface area (Å²) in [6.07, 6.45) is 0.676. The van der Waals surface area contributed by atoms with E-state index in [0.29, 0.717) is 6.04 Å². The van der Waals surface area contributed by atoms with Crippen molar-refractivity contribution in [2.24, 2.45) is 5.41 Å². The fourth-order valence-electron chi connectivity index (χ4n) is 2.24. The van der Waals surface area contributed by atoms with E-state index in [1.54, 1.807) is 0 Å². The molecule has 2 atom stereocenters. The first-order chi connectivity index (χ1) is 7.43. The lowest BCUT2D eigenvalue weighted by atomic mass is 9.64. The van der Waals surface area contributed by atoms with Gasteiger partial charge in [0.1, 0.15) is 0 Å². The lowest BCUT2D eigenvalue weighted by Gasteiger charge is -2.50. The van der Waals surface area contributed by atoms with Crippen LogP contribution in [0.25, 0.3) is 0 Å². The number of anilines is 1. The summed E-state index contributed by atoms with van der Waals surface area (Å²) in [6, 6.07) is 6.69. The third kappa shape index (κ3) is 1.71. The number of aliphatic hydroxyl groups excluding tert-OH is 1. The predicted octanol–water partition coefficient (Wildman–Crippen LogP) is 2.87. The molecule has 0 aliphatic heterocycles. The minimum Gasteiger partial charge on any atom is -0.392 e. The van der Waals surface area contributed by atoms with Crippen molar-refractivity contribution in [1.82, 2.24) is 0 Å². The number of hydrogen-bond donors (Lipinski definition) is 2. The van der Waals surface area contributed by atoms with Gasteiger partial charge < -0.3 is 10.4 Å². The van der Waals surface area contributed by atoms with E-state index >= 15 is 0 Å². The second-order valence-electron chi connectivity index (χ2n) is 5.52. The number of aliphatic hydroxyl groups is 1. The van der Waals surface area contributed by atoms with Crippen LogP contribution in [0.5, 0.6) is 0 Å². The summed E-state index contributed by atoms with van der Waals surface area (Å²) in [6.45, 7) is 8.50. The smallest absolute Gasteiger partial charge is 0.0630 e. The van der Waals surface area contributed by atoms with Gasteiger partial charge in [0.15, 0.2) is 0 Å². The Morgan fingerprint density at radius 2 is 2.00 bits per heavy atom. The molecule has 0 amide bonds. The molecular weight excluding hydrogens is 198 g/mol. The number of benzene rings is 1. The molecule has 1 aromatic rings. The first-order valence-electron chi connectivity index (χ1n) is 5.93. The van der Waals surface area contributed by atoms with Crippen LogP contribution in [-0.4, -0.2) is 17.3 Å². The maximum atomic E-state index is 9.71. The van der Waals surface area contributed by atoms with Gasteiger partial charge in [-0.05, 0) is 37.5 Å². The van der Waals surface area contributed by atoms with Gasteiger partial charge in [0, 0.05) is 17.1 Å². The highest BCUT2D eigenvalue weighted by Crippen LogP contribution is 2.42. The van der Waals surface area contributed by atoms with Crippen LogP contribution in [0.3, 0.4) is 0 Å². The fraction of sp³-hybridized carbons (Fsp3) is 0.571. The standard InChI is InChI=1S/C14H21NO/c1-9-6-5-7-11(10(9)2)15-12-8-13(16)14(12,3)4/h5-7,12-13,15-16H,8H2,1-4H3. The molecule has 0 saturated heterocycles. The van der Waals surface area contributed by atoms with Gasteiger partial charge >= 0.3 is 0 Å². The largest absolute Gasteiger partial charge is 0.392 e. The first-order valence-corrected chi connectivity index (χ1v) is 5.93. The highest BCUT2D eigenvalue weighted by atomic mass is 16.3. The van der Waals surface area contributed by atoms with Crippen molar-refractivity contribution in [1.29, 1.82) is 0 Å². The summed E-state index contributed by atoms with van der Waals surface area (Å²) in [5, 5.41) is 13.3. The molecule has 0 radical (unpaired) electrons. The van der Waals surface area contributed by atoms with E-state index in [0.717, 1.165) is 6.42 Å². The van der Waals surface area contributed by atoms with Gasteiger partial charge in [-0.15, -0.1) is 0 Å². The van der Waals surface area contributed by atoms with Crippen LogP contribution in [0, 0.1) is 19.3 Å². The Labute approximate surface area is 97.7 Å². The number of rotatable bonds is 2. The van der Waals surface area contributed by atoms with Crippen molar-refractivity contribution in [3.05, 3.63) is 29.3 Å². The molecule has 0 heterocycles. The molecule has 1 fully saturated rings. The van der Waals surface area contributed by atoms with E-state index in [4.69, 9.17) is 0 Å². The van der Waals surface area contributed by atoms with E-state index in [-0.39, 0.29) is 11.5 Å². The molecule has 2 heteroatoms. The molecule has 2 N–H and O–H groups in total. The van der Waals surface area contributed by atoms with Gasteiger partial charge in [-0.1, -0.05) is 26.0 Å². The van der Waals surface area contributed by atoms with Crippen LogP contribution in [0.1, 0.15) is 31.4 Å². The average Bonchev–Trinajstić information content (AvgIpc) is 2.24. The molecule has 1 aromatic carbocycles. The Hall–Kier alpha value is -1.02. The molecule has 2 nitrogen and oxygen atoms in total. The first kappa shape index (κ1) is 11.5. The topological polar surface area (TPSA) is 32.3 Å². The third-order valence-corrected chi connectivity index (χ3v) is 4.15. The SMILES string of the molecule is Cc1cccc(NC2CC(O)C2(C)C)c1C. The third-order valence-electron chi connectivity index (χ3n) is 4.15. The molecule has 1 aliphatic rings.